The van der Waals surface area contributed by atoms with Gasteiger partial charge in [0.25, 0.3) is 5.56 Å². The fourth-order valence-electron chi connectivity index (χ4n) is 2.69. The molecule has 0 saturated carbocycles. The maximum absolute atomic E-state index is 12.5. The summed E-state index contributed by atoms with van der Waals surface area (Å²) in [6.07, 6.45) is 0. The van der Waals surface area contributed by atoms with E-state index in [-0.39, 0.29) is 12.2 Å². The fraction of sp³-hybridized carbons (Fsp3) is 0.158. The van der Waals surface area contributed by atoms with Crippen LogP contribution in [0.1, 0.15) is 22.8 Å². The minimum Gasteiger partial charge on any atom is -0.462 e. The van der Waals surface area contributed by atoms with E-state index in [1.807, 2.05) is 18.2 Å². The molecule has 7 heteroatoms. The number of halogens is 2. The van der Waals surface area contributed by atoms with Gasteiger partial charge in [-0.2, -0.15) is 0 Å². The number of hydrogen-bond donors (Lipinski definition) is 2. The Morgan fingerprint density at radius 2 is 1.92 bits per heavy atom. The summed E-state index contributed by atoms with van der Waals surface area (Å²) in [4.78, 5) is 27.5. The second-order valence-electron chi connectivity index (χ2n) is 5.60. The first-order valence-corrected chi connectivity index (χ1v) is 8.76. The van der Waals surface area contributed by atoms with Crippen molar-refractivity contribution in [3.63, 3.8) is 0 Å². The highest BCUT2D eigenvalue weighted by molar-refractivity contribution is 6.31. The summed E-state index contributed by atoms with van der Waals surface area (Å²) in [5.41, 5.74) is 1.24. The average molecular weight is 391 g/mol. The van der Waals surface area contributed by atoms with Crippen LogP contribution >= 0.6 is 23.2 Å². The SMILES string of the molecule is CCOC(=O)c1c(NCc2cccc(Cl)c2)c2ccc(Cl)cc2[nH]c1=O. The lowest BCUT2D eigenvalue weighted by Gasteiger charge is -2.14. The average Bonchev–Trinajstić information content (AvgIpc) is 2.59. The fourth-order valence-corrected chi connectivity index (χ4v) is 3.07. The van der Waals surface area contributed by atoms with Crippen LogP contribution in [0.5, 0.6) is 0 Å². The van der Waals surface area contributed by atoms with Crippen LogP contribution in [-0.4, -0.2) is 17.6 Å². The molecular weight excluding hydrogens is 375 g/mol. The zero-order valence-electron chi connectivity index (χ0n) is 13.9. The number of anilines is 1. The van der Waals surface area contributed by atoms with Gasteiger partial charge in [0.15, 0.2) is 0 Å². The Hall–Kier alpha value is -2.50. The molecule has 26 heavy (non-hydrogen) atoms. The number of aromatic amines is 1. The third-order valence-electron chi connectivity index (χ3n) is 3.81. The molecule has 1 heterocycles. The summed E-state index contributed by atoms with van der Waals surface area (Å²) in [6.45, 7) is 2.24. The molecule has 134 valence electrons. The van der Waals surface area contributed by atoms with Gasteiger partial charge in [-0.15, -0.1) is 0 Å². The van der Waals surface area contributed by atoms with E-state index < -0.39 is 11.5 Å². The van der Waals surface area contributed by atoms with Crippen LogP contribution in [0, 0.1) is 0 Å². The molecule has 3 aromatic rings. The minimum absolute atomic E-state index is 0.0660. The van der Waals surface area contributed by atoms with Crippen LogP contribution in [0.15, 0.2) is 47.3 Å². The molecule has 0 aliphatic heterocycles. The number of H-pyrrole nitrogens is 1. The van der Waals surface area contributed by atoms with Crippen molar-refractivity contribution >= 4 is 45.8 Å². The number of aromatic nitrogens is 1. The predicted octanol–water partition coefficient (Wildman–Crippen LogP) is 4.62. The Labute approximate surface area is 159 Å². The largest absolute Gasteiger partial charge is 0.462 e. The monoisotopic (exact) mass is 390 g/mol. The van der Waals surface area contributed by atoms with Gasteiger partial charge < -0.3 is 15.0 Å². The van der Waals surface area contributed by atoms with E-state index in [1.165, 1.54) is 0 Å². The zero-order chi connectivity index (χ0) is 18.7. The molecule has 0 aliphatic rings. The number of ether oxygens (including phenoxy) is 1. The Balaban J connectivity index is 2.11. The van der Waals surface area contributed by atoms with Crippen LogP contribution in [0.3, 0.4) is 0 Å². The number of fused-ring (bicyclic) bond motifs is 1. The number of rotatable bonds is 5. The number of carbonyl (C=O) groups excluding carboxylic acids is 1. The first kappa shape index (κ1) is 18.3. The van der Waals surface area contributed by atoms with Crippen molar-refractivity contribution in [3.8, 4) is 0 Å². The Morgan fingerprint density at radius 3 is 2.65 bits per heavy atom. The predicted molar refractivity (Wildman–Crippen MR) is 104 cm³/mol. The second-order valence-corrected chi connectivity index (χ2v) is 6.47. The number of pyridine rings is 1. The lowest BCUT2D eigenvalue weighted by Crippen LogP contribution is -2.23. The maximum Gasteiger partial charge on any atom is 0.345 e. The lowest BCUT2D eigenvalue weighted by molar-refractivity contribution is 0.0525. The van der Waals surface area contributed by atoms with E-state index in [9.17, 15) is 9.59 Å². The molecule has 5 nitrogen and oxygen atoms in total. The smallest absolute Gasteiger partial charge is 0.345 e. The van der Waals surface area contributed by atoms with Crippen LogP contribution in [0.25, 0.3) is 10.9 Å². The highest BCUT2D eigenvalue weighted by Gasteiger charge is 2.20. The summed E-state index contributed by atoms with van der Waals surface area (Å²) in [5, 5.41) is 4.94. The first-order chi connectivity index (χ1) is 12.5. The number of carbonyl (C=O) groups is 1. The zero-order valence-corrected chi connectivity index (χ0v) is 15.4. The Kier molecular flexibility index (Phi) is 5.49. The molecule has 1 aromatic heterocycles. The normalized spacial score (nSPS) is 10.7. The number of benzene rings is 2. The molecule has 2 aromatic carbocycles. The number of esters is 1. The molecule has 0 aliphatic carbocycles. The van der Waals surface area contributed by atoms with Crippen molar-refractivity contribution in [2.75, 3.05) is 11.9 Å². The third kappa shape index (κ3) is 3.84. The second kappa shape index (κ2) is 7.81. The summed E-state index contributed by atoms with van der Waals surface area (Å²) >= 11 is 12.0. The summed E-state index contributed by atoms with van der Waals surface area (Å²) in [6, 6.07) is 12.4. The molecule has 0 amide bonds. The Bertz CT molecular complexity index is 1030. The highest BCUT2D eigenvalue weighted by atomic mass is 35.5. The lowest BCUT2D eigenvalue weighted by atomic mass is 10.1. The van der Waals surface area contributed by atoms with Gasteiger partial charge in [-0.3, -0.25) is 4.79 Å². The van der Waals surface area contributed by atoms with Crippen molar-refractivity contribution < 1.29 is 9.53 Å². The highest BCUT2D eigenvalue weighted by Crippen LogP contribution is 2.27. The van der Waals surface area contributed by atoms with Crippen molar-refractivity contribution in [3.05, 3.63) is 74.0 Å². The van der Waals surface area contributed by atoms with E-state index in [2.05, 4.69) is 10.3 Å². The maximum atomic E-state index is 12.5. The molecule has 3 rings (SSSR count). The van der Waals surface area contributed by atoms with E-state index >= 15 is 0 Å². The molecule has 0 atom stereocenters. The topological polar surface area (TPSA) is 71.2 Å². The third-order valence-corrected chi connectivity index (χ3v) is 4.28. The molecule has 0 spiro atoms. The van der Waals surface area contributed by atoms with Crippen LogP contribution in [0.4, 0.5) is 5.69 Å². The van der Waals surface area contributed by atoms with Gasteiger partial charge >= 0.3 is 5.97 Å². The van der Waals surface area contributed by atoms with Gasteiger partial charge in [-0.1, -0.05) is 35.3 Å². The van der Waals surface area contributed by atoms with Crippen LogP contribution < -0.4 is 10.9 Å². The van der Waals surface area contributed by atoms with Gasteiger partial charge in [-0.05, 0) is 42.8 Å². The van der Waals surface area contributed by atoms with Crippen LogP contribution in [0.2, 0.25) is 10.0 Å². The van der Waals surface area contributed by atoms with E-state index in [0.717, 1.165) is 5.56 Å². The quantitative estimate of drug-likeness (QED) is 0.623. The minimum atomic E-state index is -0.681. The summed E-state index contributed by atoms with van der Waals surface area (Å²) in [7, 11) is 0. The molecule has 2 N–H and O–H groups in total. The molecule has 0 radical (unpaired) electrons. The summed E-state index contributed by atoms with van der Waals surface area (Å²) in [5.74, 6) is -0.681. The van der Waals surface area contributed by atoms with Gasteiger partial charge in [-0.25, -0.2) is 4.79 Å². The van der Waals surface area contributed by atoms with Crippen LogP contribution in [-0.2, 0) is 11.3 Å². The molecule has 0 bridgehead atoms. The Morgan fingerprint density at radius 1 is 1.15 bits per heavy atom. The van der Waals surface area contributed by atoms with Crippen molar-refractivity contribution in [2.24, 2.45) is 0 Å². The molecular formula is C19H16Cl2N2O3. The standard InChI is InChI=1S/C19H16Cl2N2O3/c1-2-26-19(25)16-17(22-10-11-4-3-5-12(20)8-11)14-7-6-13(21)9-15(14)23-18(16)24/h3-9H,2,10H2,1H3,(H2,22,23,24). The molecule has 0 saturated heterocycles. The van der Waals surface area contributed by atoms with Gasteiger partial charge in [0.05, 0.1) is 17.8 Å². The first-order valence-electron chi connectivity index (χ1n) is 8.00. The van der Waals surface area contributed by atoms with Gasteiger partial charge in [0.1, 0.15) is 5.56 Å². The van der Waals surface area contributed by atoms with E-state index in [1.54, 1.807) is 31.2 Å². The molecule has 0 unspecified atom stereocenters. The number of nitrogens with one attached hydrogen (secondary N) is 2. The number of hydrogen-bond acceptors (Lipinski definition) is 4. The summed E-state index contributed by atoms with van der Waals surface area (Å²) < 4.78 is 5.05. The van der Waals surface area contributed by atoms with Gasteiger partial charge in [0, 0.05) is 22.0 Å². The van der Waals surface area contributed by atoms with Crippen molar-refractivity contribution in [1.82, 2.24) is 4.98 Å². The van der Waals surface area contributed by atoms with Crippen molar-refractivity contribution in [2.45, 2.75) is 13.5 Å². The van der Waals surface area contributed by atoms with E-state index in [0.29, 0.717) is 33.2 Å². The van der Waals surface area contributed by atoms with Gasteiger partial charge in [0.2, 0.25) is 0 Å². The van der Waals surface area contributed by atoms with E-state index in [4.69, 9.17) is 27.9 Å². The van der Waals surface area contributed by atoms with Crippen molar-refractivity contribution in [1.29, 1.82) is 0 Å². The molecule has 0 fully saturated rings.